The summed E-state index contributed by atoms with van der Waals surface area (Å²) in [6, 6.07) is 158. The fourth-order valence-corrected chi connectivity index (χ4v) is 25.5. The smallest absolute Gasteiger partial charge is 0.143 e. The number of nitrogens with zero attached hydrogens (tertiary/aromatic N) is 5. The Morgan fingerprint density at radius 1 is 0.190 bits per heavy atom. The molecule has 0 N–H and O–H groups in total. The molecule has 6 heteroatoms. The Kier molecular flexibility index (Phi) is 18.2. The van der Waals surface area contributed by atoms with Gasteiger partial charge in [0.05, 0.1) is 28.3 Å². The standard InChI is InChI=1S/C48H32N2O.C45H34N2.C43H31N/c1-48(2)41-16-7-5-12-35(41)36-23-22-31(28-42(36)48)50(43-25-24-38-33-10-3-4-11-34(33)39-26-27-49-46(43)45(38)39)30-20-18-29(19-21-30)32-14-9-15-40-37-13-6-8-17-44(37)51-47(32)40;1-44(2)37-15-9-7-12-30(37)32-19-17-27(25-39(32)44)47(28-18-20-33-31-13-8-10-16-38(31)45(3,4)40(33)26-28)41-22-21-34-29-11-5-6-14-35(29)43-42(34)36(41)23-24-46-43;1-43(2)39-18-9-8-15-34(39)35-24-23-31(27-40(35)43)44(30-21-19-29(20-22-30)28-11-4-3-5-12-28)41-26-25-37-33-14-7-6-13-32(33)36-16-10-17-38(41)42(36)37/h3-28H,1-2H3;5-26H,1-4H3;3-27H,1-2H3. The van der Waals surface area contributed by atoms with Gasteiger partial charge in [0.15, 0.2) is 0 Å². The predicted octanol–water partition coefficient (Wildman–Crippen LogP) is 37.1. The van der Waals surface area contributed by atoms with Gasteiger partial charge in [0.1, 0.15) is 11.2 Å². The molecule has 7 aliphatic rings. The number of furan rings is 1. The second-order valence-electron chi connectivity index (χ2n) is 41.3. The second-order valence-corrected chi connectivity index (χ2v) is 41.3. The average Bonchev–Trinajstić information content (AvgIpc) is 1.46. The number of para-hydroxylation sites is 2. The van der Waals surface area contributed by atoms with Crippen LogP contribution in [0.5, 0.6) is 0 Å². The lowest BCUT2D eigenvalue weighted by Gasteiger charge is -2.30. The van der Waals surface area contributed by atoms with Crippen LogP contribution in [0.25, 0.3) is 188 Å². The molecule has 0 radical (unpaired) electrons. The molecule has 0 saturated carbocycles. The van der Waals surface area contributed by atoms with Gasteiger partial charge in [-0.3, -0.25) is 9.97 Å². The second kappa shape index (κ2) is 31.1. The topological polar surface area (TPSA) is 48.6 Å². The first-order valence-electron chi connectivity index (χ1n) is 49.7. The number of hydrogen-bond acceptors (Lipinski definition) is 6. The number of pyridine rings is 2. The molecule has 142 heavy (non-hydrogen) atoms. The molecule has 3 aromatic heterocycles. The van der Waals surface area contributed by atoms with E-state index in [1.807, 2.05) is 24.5 Å². The molecule has 6 nitrogen and oxygen atoms in total. The quantitative estimate of drug-likeness (QED) is 0.129. The Morgan fingerprint density at radius 2 is 0.500 bits per heavy atom. The van der Waals surface area contributed by atoms with Gasteiger partial charge < -0.3 is 19.1 Å². The van der Waals surface area contributed by atoms with E-state index in [1.54, 1.807) is 0 Å². The van der Waals surface area contributed by atoms with Crippen LogP contribution in [0.15, 0.2) is 448 Å². The summed E-state index contributed by atoms with van der Waals surface area (Å²) < 4.78 is 6.43. The summed E-state index contributed by atoms with van der Waals surface area (Å²) in [4.78, 5) is 17.4. The Bertz CT molecular complexity index is 9120. The fourth-order valence-electron chi connectivity index (χ4n) is 25.5. The van der Waals surface area contributed by atoms with Gasteiger partial charge in [0.2, 0.25) is 0 Å². The molecule has 0 fully saturated rings. The van der Waals surface area contributed by atoms with Crippen molar-refractivity contribution in [1.29, 1.82) is 0 Å². The van der Waals surface area contributed by atoms with Crippen LogP contribution in [0.1, 0.15) is 99.9 Å². The Hall–Kier alpha value is -17.3. The molecular weight excluding hydrogens is 1720 g/mol. The number of anilines is 9. The molecule has 672 valence electrons. The molecule has 23 aromatic rings. The number of rotatable bonds is 11. The van der Waals surface area contributed by atoms with Crippen LogP contribution in [-0.2, 0) is 21.7 Å². The van der Waals surface area contributed by atoms with E-state index in [2.05, 4.69) is 489 Å². The third kappa shape index (κ3) is 12.2. The van der Waals surface area contributed by atoms with E-state index in [0.717, 1.165) is 67.0 Å². The van der Waals surface area contributed by atoms with E-state index in [-0.39, 0.29) is 21.7 Å². The third-order valence-electron chi connectivity index (χ3n) is 32.4. The summed E-state index contributed by atoms with van der Waals surface area (Å²) in [6.07, 6.45) is 3.95. The third-order valence-corrected chi connectivity index (χ3v) is 32.4. The summed E-state index contributed by atoms with van der Waals surface area (Å²) in [6.45, 7) is 18.9. The molecule has 0 unspecified atom stereocenters. The largest absolute Gasteiger partial charge is 0.455 e. The van der Waals surface area contributed by atoms with E-state index in [4.69, 9.17) is 14.4 Å². The molecule has 0 bridgehead atoms. The van der Waals surface area contributed by atoms with Gasteiger partial charge in [-0.05, 0) is 276 Å². The SMILES string of the molecule is CC1(C)c2ccccc2-c2ccc(N(c3ccc(-c4cccc5c4oc4ccccc45)cc3)c3ccc4c5c(ccnc35)-c3ccccc3-4)cc21.CC1(C)c2ccccc2-c2ccc(N(c3ccc(-c4ccccc4)cc3)c3ccc4c5c(cccc35)-c3ccccc3-4)cc21.CC1(C)c2ccccc2-c2ccc(N(c3ccc4c(c3)C(C)(C)c3ccccc3-4)c3ccc4c5c(nccc35)-c3ccccc3-4)cc21. The summed E-state index contributed by atoms with van der Waals surface area (Å²) in [5.41, 5.74) is 54.1. The highest BCUT2D eigenvalue weighted by atomic mass is 16.3. The zero-order valence-electron chi connectivity index (χ0n) is 80.3. The van der Waals surface area contributed by atoms with Gasteiger partial charge in [0, 0.05) is 112 Å². The first kappa shape index (κ1) is 82.9. The van der Waals surface area contributed by atoms with Gasteiger partial charge in [-0.1, -0.05) is 377 Å². The van der Waals surface area contributed by atoms with Crippen molar-refractivity contribution in [2.75, 3.05) is 14.7 Å². The van der Waals surface area contributed by atoms with E-state index in [0.29, 0.717) is 0 Å². The van der Waals surface area contributed by atoms with Crippen LogP contribution in [-0.4, -0.2) is 9.97 Å². The molecular formula is C136H97N5O. The lowest BCUT2D eigenvalue weighted by atomic mass is 9.82. The van der Waals surface area contributed by atoms with Gasteiger partial charge in [-0.25, -0.2) is 0 Å². The van der Waals surface area contributed by atoms with Crippen molar-refractivity contribution in [3.8, 4) is 134 Å². The molecule has 3 heterocycles. The maximum Gasteiger partial charge on any atom is 0.143 e. The van der Waals surface area contributed by atoms with E-state index in [1.165, 1.54) is 217 Å². The summed E-state index contributed by atoms with van der Waals surface area (Å²) in [7, 11) is 0. The molecule has 20 aromatic carbocycles. The van der Waals surface area contributed by atoms with Crippen molar-refractivity contribution < 1.29 is 4.42 Å². The Labute approximate surface area is 827 Å². The van der Waals surface area contributed by atoms with Gasteiger partial charge in [-0.15, -0.1) is 0 Å². The monoisotopic (exact) mass is 1820 g/mol. The van der Waals surface area contributed by atoms with Crippen LogP contribution in [0.4, 0.5) is 51.2 Å². The van der Waals surface area contributed by atoms with Crippen molar-refractivity contribution in [3.63, 3.8) is 0 Å². The van der Waals surface area contributed by atoms with Crippen molar-refractivity contribution >= 4 is 106 Å². The molecule has 0 spiro atoms. The lowest BCUT2D eigenvalue weighted by molar-refractivity contribution is 0.660. The fraction of sp³-hybridized carbons (Fsp3) is 0.0882. The normalized spacial score (nSPS) is 14.0. The van der Waals surface area contributed by atoms with Gasteiger partial charge >= 0.3 is 0 Å². The molecule has 0 amide bonds. The van der Waals surface area contributed by atoms with Crippen molar-refractivity contribution in [2.45, 2.75) is 77.0 Å². The van der Waals surface area contributed by atoms with Crippen molar-refractivity contribution in [1.82, 2.24) is 9.97 Å². The first-order chi connectivity index (χ1) is 69.5. The average molecular weight is 1820 g/mol. The molecule has 30 rings (SSSR count). The highest BCUT2D eigenvalue weighted by molar-refractivity contribution is 6.22. The predicted molar refractivity (Wildman–Crippen MR) is 593 cm³/mol. The number of aromatic nitrogens is 2. The van der Waals surface area contributed by atoms with E-state index >= 15 is 0 Å². The van der Waals surface area contributed by atoms with Crippen molar-refractivity contribution in [3.05, 3.63) is 488 Å². The zero-order chi connectivity index (χ0) is 94.9. The summed E-state index contributed by atoms with van der Waals surface area (Å²) in [5, 5.41) is 8.55. The lowest BCUT2D eigenvalue weighted by Crippen LogP contribution is -2.18. The van der Waals surface area contributed by atoms with Crippen LogP contribution in [0.3, 0.4) is 0 Å². The minimum absolute atomic E-state index is 0.0750. The van der Waals surface area contributed by atoms with Crippen LogP contribution < -0.4 is 14.7 Å². The van der Waals surface area contributed by atoms with E-state index in [9.17, 15) is 0 Å². The van der Waals surface area contributed by atoms with Crippen molar-refractivity contribution in [2.24, 2.45) is 0 Å². The molecule has 0 atom stereocenters. The number of benzene rings is 20. The minimum atomic E-state index is -0.120. The maximum atomic E-state index is 6.43. The maximum absolute atomic E-state index is 6.43. The summed E-state index contributed by atoms with van der Waals surface area (Å²) >= 11 is 0. The Morgan fingerprint density at radius 3 is 0.986 bits per heavy atom. The first-order valence-corrected chi connectivity index (χ1v) is 49.7. The van der Waals surface area contributed by atoms with Crippen LogP contribution in [0, 0.1) is 0 Å². The van der Waals surface area contributed by atoms with Gasteiger partial charge in [-0.2, -0.15) is 0 Å². The van der Waals surface area contributed by atoms with E-state index < -0.39 is 0 Å². The zero-order valence-corrected chi connectivity index (χ0v) is 80.3. The Balaban J connectivity index is 0.000000104. The molecule has 0 aliphatic heterocycles. The highest BCUT2D eigenvalue weighted by Gasteiger charge is 2.42. The summed E-state index contributed by atoms with van der Waals surface area (Å²) in [5.74, 6) is 0. The van der Waals surface area contributed by atoms with Crippen LogP contribution >= 0.6 is 0 Å². The number of hydrogen-bond donors (Lipinski definition) is 0. The molecule has 0 saturated heterocycles. The van der Waals surface area contributed by atoms with Crippen LogP contribution in [0.2, 0.25) is 0 Å². The number of fused-ring (bicyclic) bond motifs is 24. The highest BCUT2D eigenvalue weighted by Crippen LogP contribution is 2.61. The molecule has 7 aliphatic carbocycles. The minimum Gasteiger partial charge on any atom is -0.455 e. The van der Waals surface area contributed by atoms with Gasteiger partial charge in [0.25, 0.3) is 0 Å².